The van der Waals surface area contributed by atoms with Gasteiger partial charge in [-0.15, -0.1) is 10.2 Å². The van der Waals surface area contributed by atoms with Gasteiger partial charge in [-0.3, -0.25) is 4.79 Å². The van der Waals surface area contributed by atoms with Crippen molar-refractivity contribution in [2.24, 2.45) is 5.92 Å². The lowest BCUT2D eigenvalue weighted by Crippen LogP contribution is -2.38. The molecule has 1 aromatic heterocycles. The Hall–Kier alpha value is -3.41. The zero-order valence-electron chi connectivity index (χ0n) is 17.3. The summed E-state index contributed by atoms with van der Waals surface area (Å²) in [6.07, 6.45) is 1.60. The molecule has 1 aliphatic heterocycles. The average molecular weight is 402 g/mol. The van der Waals surface area contributed by atoms with Crippen molar-refractivity contribution < 1.29 is 9.53 Å². The maximum absolute atomic E-state index is 12.6. The minimum absolute atomic E-state index is 0.0163. The van der Waals surface area contributed by atoms with Gasteiger partial charge in [0.05, 0.1) is 12.8 Å². The Balaban J connectivity index is 1.36. The Kier molecular flexibility index (Phi) is 5.93. The number of rotatable bonds is 5. The van der Waals surface area contributed by atoms with E-state index in [0.717, 1.165) is 60.0 Å². The highest BCUT2D eigenvalue weighted by Gasteiger charge is 2.26. The normalized spacial score (nSPS) is 14.4. The third-order valence-electron chi connectivity index (χ3n) is 5.51. The van der Waals surface area contributed by atoms with E-state index >= 15 is 0 Å². The number of nitrogens with one attached hydrogen (secondary N) is 1. The van der Waals surface area contributed by atoms with E-state index in [4.69, 9.17) is 4.74 Å². The molecule has 2 heterocycles. The molecule has 1 amide bonds. The molecule has 6 nitrogen and oxygen atoms in total. The number of aryl methyl sites for hydroxylation is 1. The fourth-order valence-corrected chi connectivity index (χ4v) is 3.83. The lowest BCUT2D eigenvalue weighted by molar-refractivity contribution is -0.120. The summed E-state index contributed by atoms with van der Waals surface area (Å²) in [5, 5.41) is 11.9. The molecule has 0 bridgehead atoms. The first kappa shape index (κ1) is 19.9. The maximum Gasteiger partial charge on any atom is 0.227 e. The van der Waals surface area contributed by atoms with Crippen molar-refractivity contribution in [3.05, 3.63) is 66.2 Å². The van der Waals surface area contributed by atoms with Gasteiger partial charge in [0.1, 0.15) is 5.75 Å². The van der Waals surface area contributed by atoms with E-state index in [2.05, 4.69) is 20.4 Å². The van der Waals surface area contributed by atoms with Crippen LogP contribution in [0, 0.1) is 12.8 Å². The number of carbonyl (C=O) groups excluding carboxylic acids is 1. The Labute approximate surface area is 176 Å². The van der Waals surface area contributed by atoms with Crippen LogP contribution in [0.15, 0.2) is 60.7 Å². The number of amides is 1. The molecule has 0 unspecified atom stereocenters. The van der Waals surface area contributed by atoms with E-state index < -0.39 is 0 Å². The molecule has 1 saturated heterocycles. The van der Waals surface area contributed by atoms with Gasteiger partial charge in [-0.05, 0) is 61.7 Å². The first-order chi connectivity index (χ1) is 14.6. The summed E-state index contributed by atoms with van der Waals surface area (Å²) in [5.74, 6) is 1.73. The van der Waals surface area contributed by atoms with Crippen molar-refractivity contribution in [2.45, 2.75) is 19.8 Å². The minimum atomic E-state index is 0.0163. The zero-order valence-corrected chi connectivity index (χ0v) is 17.3. The number of ether oxygens (including phenoxy) is 1. The van der Waals surface area contributed by atoms with Crippen molar-refractivity contribution in [3.63, 3.8) is 0 Å². The number of carbonyl (C=O) groups is 1. The summed E-state index contributed by atoms with van der Waals surface area (Å²) in [5.41, 5.74) is 3.70. The molecule has 0 saturated carbocycles. The summed E-state index contributed by atoms with van der Waals surface area (Å²) in [6.45, 7) is 3.59. The number of hydrogen-bond donors (Lipinski definition) is 1. The van der Waals surface area contributed by atoms with Crippen molar-refractivity contribution >= 4 is 17.4 Å². The number of hydrogen-bond acceptors (Lipinski definition) is 5. The highest BCUT2D eigenvalue weighted by Crippen LogP contribution is 2.29. The van der Waals surface area contributed by atoms with E-state index in [0.29, 0.717) is 0 Å². The molecule has 1 fully saturated rings. The van der Waals surface area contributed by atoms with Gasteiger partial charge in [-0.25, -0.2) is 0 Å². The molecule has 30 heavy (non-hydrogen) atoms. The fourth-order valence-electron chi connectivity index (χ4n) is 3.83. The summed E-state index contributed by atoms with van der Waals surface area (Å²) < 4.78 is 5.41. The third-order valence-corrected chi connectivity index (χ3v) is 5.51. The van der Waals surface area contributed by atoms with Crippen LogP contribution in [-0.2, 0) is 4.79 Å². The summed E-state index contributed by atoms with van der Waals surface area (Å²) >= 11 is 0. The SMILES string of the molecule is COc1ccccc1-c1ccc(N2CCC(C(=O)Nc3cccc(C)c3)CC2)nn1. The van der Waals surface area contributed by atoms with Crippen LogP contribution in [0.25, 0.3) is 11.3 Å². The van der Waals surface area contributed by atoms with Crippen LogP contribution >= 0.6 is 0 Å². The summed E-state index contributed by atoms with van der Waals surface area (Å²) in [4.78, 5) is 14.8. The van der Waals surface area contributed by atoms with Crippen molar-refractivity contribution in [3.8, 4) is 17.0 Å². The molecule has 1 N–H and O–H groups in total. The second-order valence-corrected chi connectivity index (χ2v) is 7.60. The van der Waals surface area contributed by atoms with Crippen LogP contribution in [0.5, 0.6) is 5.75 Å². The predicted octanol–water partition coefficient (Wildman–Crippen LogP) is 4.32. The molecule has 154 valence electrons. The van der Waals surface area contributed by atoms with Crippen molar-refractivity contribution in [1.82, 2.24) is 10.2 Å². The third kappa shape index (κ3) is 4.43. The number of anilines is 2. The lowest BCUT2D eigenvalue weighted by atomic mass is 9.95. The van der Waals surface area contributed by atoms with Crippen molar-refractivity contribution in [1.29, 1.82) is 0 Å². The van der Waals surface area contributed by atoms with Gasteiger partial charge in [-0.2, -0.15) is 0 Å². The standard InChI is InChI=1S/C24H26N4O2/c1-17-6-5-7-19(16-17)25-24(29)18-12-14-28(15-13-18)23-11-10-21(26-27-23)20-8-3-4-9-22(20)30-2/h3-11,16,18H,12-15H2,1-2H3,(H,25,29). The van der Waals surface area contributed by atoms with E-state index in [1.807, 2.05) is 67.6 Å². The first-order valence-corrected chi connectivity index (χ1v) is 10.2. The molecular weight excluding hydrogens is 376 g/mol. The predicted molar refractivity (Wildman–Crippen MR) is 119 cm³/mol. The minimum Gasteiger partial charge on any atom is -0.496 e. The molecular formula is C24H26N4O2. The Morgan fingerprint density at radius 1 is 1.03 bits per heavy atom. The van der Waals surface area contributed by atoms with Crippen LogP contribution in [0.4, 0.5) is 11.5 Å². The van der Waals surface area contributed by atoms with E-state index in [9.17, 15) is 4.79 Å². The summed E-state index contributed by atoms with van der Waals surface area (Å²) in [7, 11) is 1.65. The number of piperidine rings is 1. The topological polar surface area (TPSA) is 67.3 Å². The van der Waals surface area contributed by atoms with Gasteiger partial charge in [0, 0.05) is 30.3 Å². The van der Waals surface area contributed by atoms with Gasteiger partial charge in [0.15, 0.2) is 5.82 Å². The molecule has 4 rings (SSSR count). The van der Waals surface area contributed by atoms with Gasteiger partial charge in [0.2, 0.25) is 5.91 Å². The molecule has 0 spiro atoms. The van der Waals surface area contributed by atoms with Crippen molar-refractivity contribution in [2.75, 3.05) is 30.4 Å². The average Bonchev–Trinajstić information content (AvgIpc) is 2.79. The number of nitrogens with zero attached hydrogens (tertiary/aromatic N) is 3. The molecule has 0 radical (unpaired) electrons. The largest absolute Gasteiger partial charge is 0.496 e. The second kappa shape index (κ2) is 8.95. The van der Waals surface area contributed by atoms with Crippen LogP contribution < -0.4 is 15.0 Å². The van der Waals surface area contributed by atoms with E-state index in [1.54, 1.807) is 7.11 Å². The molecule has 2 aromatic carbocycles. The lowest BCUT2D eigenvalue weighted by Gasteiger charge is -2.31. The van der Waals surface area contributed by atoms with Gasteiger partial charge in [0.25, 0.3) is 0 Å². The molecule has 3 aromatic rings. The number of aromatic nitrogens is 2. The molecule has 0 atom stereocenters. The summed E-state index contributed by atoms with van der Waals surface area (Å²) in [6, 6.07) is 19.6. The monoisotopic (exact) mass is 402 g/mol. The van der Waals surface area contributed by atoms with Gasteiger partial charge in [-0.1, -0.05) is 24.3 Å². The zero-order chi connectivity index (χ0) is 20.9. The Morgan fingerprint density at radius 2 is 1.83 bits per heavy atom. The fraction of sp³-hybridized carbons (Fsp3) is 0.292. The molecule has 1 aliphatic rings. The maximum atomic E-state index is 12.6. The van der Waals surface area contributed by atoms with Crippen LogP contribution in [0.3, 0.4) is 0 Å². The highest BCUT2D eigenvalue weighted by atomic mass is 16.5. The highest BCUT2D eigenvalue weighted by molar-refractivity contribution is 5.92. The number of benzene rings is 2. The van der Waals surface area contributed by atoms with E-state index in [1.165, 1.54) is 0 Å². The second-order valence-electron chi connectivity index (χ2n) is 7.60. The van der Waals surface area contributed by atoms with E-state index in [-0.39, 0.29) is 11.8 Å². The molecule has 0 aliphatic carbocycles. The number of methoxy groups -OCH3 is 1. The van der Waals surface area contributed by atoms with Crippen LogP contribution in [-0.4, -0.2) is 36.3 Å². The van der Waals surface area contributed by atoms with Crippen LogP contribution in [0.2, 0.25) is 0 Å². The van der Waals surface area contributed by atoms with Gasteiger partial charge >= 0.3 is 0 Å². The Morgan fingerprint density at radius 3 is 2.53 bits per heavy atom. The molecule has 6 heteroatoms. The van der Waals surface area contributed by atoms with Crippen LogP contribution in [0.1, 0.15) is 18.4 Å². The smallest absolute Gasteiger partial charge is 0.227 e. The van der Waals surface area contributed by atoms with Gasteiger partial charge < -0.3 is 15.0 Å². The quantitative estimate of drug-likeness (QED) is 0.689. The first-order valence-electron chi connectivity index (χ1n) is 10.2. The Bertz CT molecular complexity index is 1010. The number of para-hydroxylation sites is 1.